The normalized spacial score (nSPS) is 17.6. The molecule has 25 heavy (non-hydrogen) atoms. The van der Waals surface area contributed by atoms with Gasteiger partial charge in [0.1, 0.15) is 5.69 Å². The zero-order valence-electron chi connectivity index (χ0n) is 14.2. The molecule has 2 aromatic rings. The third-order valence-electron chi connectivity index (χ3n) is 5.07. The molecule has 2 aliphatic rings. The SMILES string of the molecule is O=C1c2ccc(C#Cc3cccnc3)nc2CCN1C1CCCCC1. The fourth-order valence-electron chi connectivity index (χ4n) is 3.75. The average Bonchev–Trinajstić information content (AvgIpc) is 2.68. The minimum Gasteiger partial charge on any atom is -0.335 e. The molecule has 1 amide bonds. The van der Waals surface area contributed by atoms with Crippen molar-refractivity contribution in [2.24, 2.45) is 0 Å². The maximum atomic E-state index is 12.8. The lowest BCUT2D eigenvalue weighted by molar-refractivity contribution is 0.0612. The lowest BCUT2D eigenvalue weighted by Gasteiger charge is -2.37. The van der Waals surface area contributed by atoms with Gasteiger partial charge in [-0.05, 0) is 43.0 Å². The van der Waals surface area contributed by atoms with Crippen LogP contribution in [0.5, 0.6) is 0 Å². The minimum atomic E-state index is 0.146. The van der Waals surface area contributed by atoms with E-state index in [0.717, 1.165) is 42.6 Å². The monoisotopic (exact) mass is 331 g/mol. The van der Waals surface area contributed by atoms with Gasteiger partial charge in [-0.3, -0.25) is 9.78 Å². The highest BCUT2D eigenvalue weighted by Gasteiger charge is 2.31. The number of carbonyl (C=O) groups excluding carboxylic acids is 1. The van der Waals surface area contributed by atoms with Gasteiger partial charge in [-0.15, -0.1) is 0 Å². The minimum absolute atomic E-state index is 0.146. The predicted octanol–water partition coefficient (Wildman–Crippen LogP) is 3.21. The maximum absolute atomic E-state index is 12.8. The molecule has 1 fully saturated rings. The Hall–Kier alpha value is -2.67. The molecule has 0 bridgehead atoms. The van der Waals surface area contributed by atoms with Crippen molar-refractivity contribution in [1.29, 1.82) is 0 Å². The quantitative estimate of drug-likeness (QED) is 0.754. The Bertz CT molecular complexity index is 829. The van der Waals surface area contributed by atoms with Crippen molar-refractivity contribution >= 4 is 5.91 Å². The van der Waals surface area contributed by atoms with Crippen molar-refractivity contribution in [2.45, 2.75) is 44.6 Å². The van der Waals surface area contributed by atoms with E-state index in [-0.39, 0.29) is 5.91 Å². The standard InChI is InChI=1S/C21H21N3O/c25-21-19-11-10-17(9-8-16-5-4-13-22-15-16)23-20(19)12-14-24(21)18-6-2-1-3-7-18/h4-5,10-11,13,15,18H,1-3,6-7,12,14H2. The Morgan fingerprint density at radius 3 is 2.76 bits per heavy atom. The molecule has 4 heteroatoms. The van der Waals surface area contributed by atoms with E-state index in [2.05, 4.69) is 26.7 Å². The Labute approximate surface area is 148 Å². The molecule has 0 radical (unpaired) electrons. The molecule has 0 N–H and O–H groups in total. The Morgan fingerprint density at radius 1 is 1.08 bits per heavy atom. The van der Waals surface area contributed by atoms with E-state index in [1.807, 2.05) is 24.3 Å². The van der Waals surface area contributed by atoms with E-state index in [9.17, 15) is 4.79 Å². The summed E-state index contributed by atoms with van der Waals surface area (Å²) >= 11 is 0. The van der Waals surface area contributed by atoms with Gasteiger partial charge in [0.05, 0.1) is 11.3 Å². The van der Waals surface area contributed by atoms with Crippen molar-refractivity contribution in [1.82, 2.24) is 14.9 Å². The van der Waals surface area contributed by atoms with Gasteiger partial charge in [0.15, 0.2) is 0 Å². The lowest BCUT2D eigenvalue weighted by atomic mass is 9.92. The van der Waals surface area contributed by atoms with Crippen LogP contribution in [0.1, 0.15) is 59.4 Å². The van der Waals surface area contributed by atoms with E-state index in [4.69, 9.17) is 0 Å². The van der Waals surface area contributed by atoms with Crippen LogP contribution in [0.4, 0.5) is 0 Å². The number of hydrogen-bond donors (Lipinski definition) is 0. The zero-order valence-corrected chi connectivity index (χ0v) is 14.2. The smallest absolute Gasteiger partial charge is 0.255 e. The van der Waals surface area contributed by atoms with E-state index in [1.54, 1.807) is 12.4 Å². The van der Waals surface area contributed by atoms with Crippen molar-refractivity contribution in [3.05, 3.63) is 59.2 Å². The summed E-state index contributed by atoms with van der Waals surface area (Å²) in [6.07, 6.45) is 10.3. The van der Waals surface area contributed by atoms with Crippen LogP contribution in [0, 0.1) is 11.8 Å². The Morgan fingerprint density at radius 2 is 1.96 bits per heavy atom. The molecular weight excluding hydrogens is 310 g/mol. The molecule has 0 spiro atoms. The third-order valence-corrected chi connectivity index (χ3v) is 5.07. The number of fused-ring (bicyclic) bond motifs is 1. The second kappa shape index (κ2) is 7.06. The molecule has 1 saturated carbocycles. The molecule has 0 aromatic carbocycles. The summed E-state index contributed by atoms with van der Waals surface area (Å²) in [7, 11) is 0. The largest absolute Gasteiger partial charge is 0.335 e. The van der Waals surface area contributed by atoms with Crippen molar-refractivity contribution in [2.75, 3.05) is 6.54 Å². The van der Waals surface area contributed by atoms with Gasteiger partial charge < -0.3 is 4.90 Å². The number of pyridine rings is 2. The van der Waals surface area contributed by atoms with Crippen LogP contribution >= 0.6 is 0 Å². The van der Waals surface area contributed by atoms with Crippen LogP contribution < -0.4 is 0 Å². The summed E-state index contributed by atoms with van der Waals surface area (Å²) in [5.41, 5.74) is 3.21. The second-order valence-corrected chi connectivity index (χ2v) is 6.72. The summed E-state index contributed by atoms with van der Waals surface area (Å²) in [4.78, 5) is 23.6. The zero-order chi connectivity index (χ0) is 17.1. The molecule has 3 heterocycles. The van der Waals surface area contributed by atoms with Gasteiger partial charge in [-0.25, -0.2) is 4.98 Å². The van der Waals surface area contributed by atoms with Gasteiger partial charge in [0, 0.05) is 37.0 Å². The molecule has 0 atom stereocenters. The Balaban J connectivity index is 1.54. The molecule has 4 nitrogen and oxygen atoms in total. The molecule has 0 saturated heterocycles. The number of amides is 1. The highest BCUT2D eigenvalue weighted by Crippen LogP contribution is 2.27. The summed E-state index contributed by atoms with van der Waals surface area (Å²) < 4.78 is 0. The number of hydrogen-bond acceptors (Lipinski definition) is 3. The van der Waals surface area contributed by atoms with E-state index in [0.29, 0.717) is 11.7 Å². The first kappa shape index (κ1) is 15.8. The molecule has 1 aliphatic heterocycles. The molecule has 4 rings (SSSR count). The number of aromatic nitrogens is 2. The first-order valence-electron chi connectivity index (χ1n) is 9.04. The first-order chi connectivity index (χ1) is 12.3. The van der Waals surface area contributed by atoms with E-state index >= 15 is 0 Å². The van der Waals surface area contributed by atoms with Gasteiger partial charge in [-0.2, -0.15) is 0 Å². The molecule has 0 unspecified atom stereocenters. The van der Waals surface area contributed by atoms with Gasteiger partial charge in [0.25, 0.3) is 5.91 Å². The maximum Gasteiger partial charge on any atom is 0.255 e. The predicted molar refractivity (Wildman–Crippen MR) is 96.1 cm³/mol. The highest BCUT2D eigenvalue weighted by molar-refractivity contribution is 5.96. The van der Waals surface area contributed by atoms with E-state index < -0.39 is 0 Å². The molecule has 2 aromatic heterocycles. The van der Waals surface area contributed by atoms with Crippen LogP contribution in [-0.4, -0.2) is 33.4 Å². The summed E-state index contributed by atoms with van der Waals surface area (Å²) in [5.74, 6) is 6.29. The number of rotatable bonds is 1. The summed E-state index contributed by atoms with van der Waals surface area (Å²) in [6, 6.07) is 7.95. The second-order valence-electron chi connectivity index (χ2n) is 6.72. The molecule has 126 valence electrons. The van der Waals surface area contributed by atoms with Crippen LogP contribution in [-0.2, 0) is 6.42 Å². The van der Waals surface area contributed by atoms with E-state index in [1.165, 1.54) is 19.3 Å². The van der Waals surface area contributed by atoms with Crippen LogP contribution in [0.25, 0.3) is 0 Å². The summed E-state index contributed by atoms with van der Waals surface area (Å²) in [5, 5.41) is 0. The molecular formula is C21H21N3O. The van der Waals surface area contributed by atoms with Crippen LogP contribution in [0.2, 0.25) is 0 Å². The van der Waals surface area contributed by atoms with Crippen molar-refractivity contribution in [3.8, 4) is 11.8 Å². The van der Waals surface area contributed by atoms with Crippen LogP contribution in [0.15, 0.2) is 36.7 Å². The topological polar surface area (TPSA) is 46.1 Å². The van der Waals surface area contributed by atoms with Crippen molar-refractivity contribution < 1.29 is 4.79 Å². The fraction of sp³-hybridized carbons (Fsp3) is 0.381. The highest BCUT2D eigenvalue weighted by atomic mass is 16.2. The lowest BCUT2D eigenvalue weighted by Crippen LogP contribution is -2.45. The van der Waals surface area contributed by atoms with Crippen molar-refractivity contribution in [3.63, 3.8) is 0 Å². The van der Waals surface area contributed by atoms with Gasteiger partial charge in [-0.1, -0.05) is 25.2 Å². The molecule has 1 aliphatic carbocycles. The Kier molecular flexibility index (Phi) is 4.47. The number of carbonyl (C=O) groups is 1. The van der Waals surface area contributed by atoms with Crippen LogP contribution in [0.3, 0.4) is 0 Å². The van der Waals surface area contributed by atoms with Gasteiger partial charge >= 0.3 is 0 Å². The summed E-state index contributed by atoms with van der Waals surface area (Å²) in [6.45, 7) is 0.781. The third kappa shape index (κ3) is 3.41. The van der Waals surface area contributed by atoms with Gasteiger partial charge in [0.2, 0.25) is 0 Å². The average molecular weight is 331 g/mol. The first-order valence-corrected chi connectivity index (χ1v) is 9.04. The fourth-order valence-corrected chi connectivity index (χ4v) is 3.75. The number of nitrogens with zero attached hydrogens (tertiary/aromatic N) is 3.